The molecule has 0 bridgehead atoms. The maximum Gasteiger partial charge on any atom is 0.573 e. The second kappa shape index (κ2) is 6.94. The molecule has 1 aliphatic carbocycles. The molecule has 2 N–H and O–H groups in total. The third-order valence-electron chi connectivity index (χ3n) is 3.76. The number of carboxylic acids is 1. The van der Waals surface area contributed by atoms with Crippen LogP contribution < -0.4 is 10.1 Å². The van der Waals surface area contributed by atoms with Crippen LogP contribution in [0, 0.1) is 11.8 Å². The Hall–Kier alpha value is -2.51. The van der Waals surface area contributed by atoms with E-state index in [1.807, 2.05) is 6.92 Å². The molecule has 2 rings (SSSR count). The number of nitrogens with one attached hydrogen (secondary N) is 1. The second-order valence-corrected chi connectivity index (χ2v) is 5.60. The Morgan fingerprint density at radius 2 is 1.83 bits per heavy atom. The lowest BCUT2D eigenvalue weighted by Gasteiger charge is -2.26. The maximum absolute atomic E-state index is 12.3. The van der Waals surface area contributed by atoms with E-state index in [1.165, 1.54) is 12.1 Å². The van der Waals surface area contributed by atoms with E-state index in [4.69, 9.17) is 0 Å². The molecule has 1 aliphatic rings. The average Bonchev–Trinajstić information content (AvgIpc) is 2.47. The van der Waals surface area contributed by atoms with Crippen LogP contribution in [0.5, 0.6) is 5.75 Å². The van der Waals surface area contributed by atoms with Crippen molar-refractivity contribution >= 4 is 17.6 Å². The third kappa shape index (κ3) is 4.74. The molecule has 0 aromatic heterocycles. The van der Waals surface area contributed by atoms with Gasteiger partial charge >= 0.3 is 12.3 Å². The summed E-state index contributed by atoms with van der Waals surface area (Å²) < 4.78 is 40.0. The lowest BCUT2D eigenvalue weighted by atomic mass is 9.79. The number of aliphatic carboxylic acids is 1. The highest BCUT2D eigenvalue weighted by atomic mass is 19.4. The Morgan fingerprint density at radius 3 is 2.38 bits per heavy atom. The highest BCUT2D eigenvalue weighted by Gasteiger charge is 2.35. The molecule has 2 atom stereocenters. The van der Waals surface area contributed by atoms with Crippen LogP contribution in [0.25, 0.3) is 0 Å². The fourth-order valence-corrected chi connectivity index (χ4v) is 2.59. The number of benzene rings is 1. The molecule has 0 saturated carbocycles. The van der Waals surface area contributed by atoms with Gasteiger partial charge in [-0.15, -0.1) is 13.2 Å². The van der Waals surface area contributed by atoms with Gasteiger partial charge in [0.1, 0.15) is 5.75 Å². The minimum atomic E-state index is -4.79. The van der Waals surface area contributed by atoms with E-state index in [-0.39, 0.29) is 12.1 Å². The number of halogens is 3. The van der Waals surface area contributed by atoms with Gasteiger partial charge in [-0.1, -0.05) is 11.6 Å². The number of carbonyl (C=O) groups excluding carboxylic acids is 1. The van der Waals surface area contributed by atoms with Crippen LogP contribution in [0.15, 0.2) is 35.9 Å². The molecule has 0 heterocycles. The van der Waals surface area contributed by atoms with Crippen molar-refractivity contribution in [3.63, 3.8) is 0 Å². The lowest BCUT2D eigenvalue weighted by molar-refractivity contribution is -0.274. The first-order chi connectivity index (χ1) is 11.2. The van der Waals surface area contributed by atoms with Gasteiger partial charge in [-0.2, -0.15) is 0 Å². The first-order valence-electron chi connectivity index (χ1n) is 7.21. The van der Waals surface area contributed by atoms with Crippen LogP contribution in [0.3, 0.4) is 0 Å². The van der Waals surface area contributed by atoms with Crippen molar-refractivity contribution in [2.24, 2.45) is 11.8 Å². The normalized spacial score (nSPS) is 20.9. The Morgan fingerprint density at radius 1 is 1.21 bits per heavy atom. The summed E-state index contributed by atoms with van der Waals surface area (Å²) in [4.78, 5) is 23.6. The minimum absolute atomic E-state index is 0.269. The van der Waals surface area contributed by atoms with Gasteiger partial charge in [0.15, 0.2) is 0 Å². The monoisotopic (exact) mass is 343 g/mol. The highest BCUT2D eigenvalue weighted by Crippen LogP contribution is 2.31. The average molecular weight is 343 g/mol. The number of anilines is 1. The fraction of sp³-hybridized carbons (Fsp3) is 0.375. The highest BCUT2D eigenvalue weighted by molar-refractivity contribution is 5.95. The van der Waals surface area contributed by atoms with Crippen LogP contribution >= 0.6 is 0 Å². The number of alkyl halides is 3. The van der Waals surface area contributed by atoms with Gasteiger partial charge < -0.3 is 15.2 Å². The van der Waals surface area contributed by atoms with E-state index >= 15 is 0 Å². The van der Waals surface area contributed by atoms with E-state index < -0.39 is 35.8 Å². The molecule has 1 amide bonds. The van der Waals surface area contributed by atoms with E-state index in [2.05, 4.69) is 10.1 Å². The van der Waals surface area contributed by atoms with Gasteiger partial charge in [0.2, 0.25) is 5.91 Å². The molecule has 0 aliphatic heterocycles. The molecule has 130 valence electrons. The number of rotatable bonds is 4. The summed E-state index contributed by atoms with van der Waals surface area (Å²) in [6, 6.07) is 4.67. The Balaban J connectivity index is 2.05. The van der Waals surface area contributed by atoms with Gasteiger partial charge in [0, 0.05) is 5.69 Å². The molecule has 0 radical (unpaired) electrons. The second-order valence-electron chi connectivity index (χ2n) is 5.60. The topological polar surface area (TPSA) is 75.6 Å². The number of hydrogen-bond donors (Lipinski definition) is 2. The summed E-state index contributed by atoms with van der Waals surface area (Å²) >= 11 is 0. The summed E-state index contributed by atoms with van der Waals surface area (Å²) in [6.45, 7) is 1.82. The molecule has 1 aromatic rings. The van der Waals surface area contributed by atoms with Gasteiger partial charge in [-0.3, -0.25) is 9.59 Å². The molecule has 0 unspecified atom stereocenters. The minimum Gasteiger partial charge on any atom is -0.481 e. The van der Waals surface area contributed by atoms with Crippen molar-refractivity contribution in [3.05, 3.63) is 35.9 Å². The SMILES string of the molecule is CC1=CC[C@H](C(=O)O)[C@@H](C(=O)Nc2ccc(OC(F)(F)F)cc2)C1. The van der Waals surface area contributed by atoms with E-state index in [9.17, 15) is 27.9 Å². The molecule has 0 fully saturated rings. The summed E-state index contributed by atoms with van der Waals surface area (Å²) in [5, 5.41) is 11.8. The summed E-state index contributed by atoms with van der Waals surface area (Å²) in [5.74, 6) is -3.47. The maximum atomic E-state index is 12.3. The van der Waals surface area contributed by atoms with Crippen LogP contribution in [-0.4, -0.2) is 23.3 Å². The van der Waals surface area contributed by atoms with Gasteiger partial charge in [0.25, 0.3) is 0 Å². The smallest absolute Gasteiger partial charge is 0.481 e. The Kier molecular flexibility index (Phi) is 5.16. The lowest BCUT2D eigenvalue weighted by Crippen LogP contribution is -2.35. The van der Waals surface area contributed by atoms with E-state index in [1.54, 1.807) is 6.08 Å². The zero-order valence-electron chi connectivity index (χ0n) is 12.8. The molecule has 1 aromatic carbocycles. The number of allylic oxidation sites excluding steroid dienone is 2. The summed E-state index contributed by atoms with van der Waals surface area (Å²) in [6.07, 6.45) is -2.38. The van der Waals surface area contributed by atoms with Crippen LogP contribution in [-0.2, 0) is 9.59 Å². The number of hydrogen-bond acceptors (Lipinski definition) is 3. The van der Waals surface area contributed by atoms with Crippen molar-refractivity contribution in [1.29, 1.82) is 0 Å². The predicted molar refractivity (Wildman–Crippen MR) is 79.4 cm³/mol. The molecule has 0 spiro atoms. The number of carbonyl (C=O) groups is 2. The zero-order chi connectivity index (χ0) is 17.9. The predicted octanol–water partition coefficient (Wildman–Crippen LogP) is 3.58. The number of amides is 1. The molecular weight excluding hydrogens is 327 g/mol. The van der Waals surface area contributed by atoms with E-state index in [0.717, 1.165) is 17.7 Å². The first-order valence-corrected chi connectivity index (χ1v) is 7.21. The standard InChI is InChI=1S/C16H16F3NO4/c1-9-2-7-12(15(22)23)13(8-9)14(21)20-10-3-5-11(6-4-10)24-16(17,18)19/h2-6,12-13H,7-8H2,1H3,(H,20,21)(H,22,23)/t12-,13-/m0/s1. The number of ether oxygens (including phenoxy) is 1. The van der Waals surface area contributed by atoms with Crippen LogP contribution in [0.2, 0.25) is 0 Å². The Bertz CT molecular complexity index is 652. The van der Waals surface area contributed by atoms with Crippen molar-refractivity contribution in [3.8, 4) is 5.75 Å². The quantitative estimate of drug-likeness (QED) is 0.820. The molecule has 8 heteroatoms. The summed E-state index contributed by atoms with van der Waals surface area (Å²) in [7, 11) is 0. The van der Waals surface area contributed by atoms with Crippen molar-refractivity contribution in [2.75, 3.05) is 5.32 Å². The number of carboxylic acid groups (broad SMARTS) is 1. The zero-order valence-corrected chi connectivity index (χ0v) is 12.8. The Labute approximate surface area is 136 Å². The largest absolute Gasteiger partial charge is 0.573 e. The fourth-order valence-electron chi connectivity index (χ4n) is 2.59. The van der Waals surface area contributed by atoms with Gasteiger partial charge in [-0.25, -0.2) is 0 Å². The van der Waals surface area contributed by atoms with Crippen LogP contribution in [0.4, 0.5) is 18.9 Å². The molecule has 24 heavy (non-hydrogen) atoms. The molecule has 5 nitrogen and oxygen atoms in total. The van der Waals surface area contributed by atoms with Crippen LogP contribution in [0.1, 0.15) is 19.8 Å². The van der Waals surface area contributed by atoms with Crippen molar-refractivity contribution < 1.29 is 32.6 Å². The van der Waals surface area contributed by atoms with Gasteiger partial charge in [-0.05, 0) is 44.0 Å². The summed E-state index contributed by atoms with van der Waals surface area (Å²) in [5.41, 5.74) is 1.20. The van der Waals surface area contributed by atoms with E-state index in [0.29, 0.717) is 6.42 Å². The first kappa shape index (κ1) is 17.8. The van der Waals surface area contributed by atoms with Crippen molar-refractivity contribution in [1.82, 2.24) is 0 Å². The molecule has 0 saturated heterocycles. The molecular formula is C16H16F3NO4. The third-order valence-corrected chi connectivity index (χ3v) is 3.76. The van der Waals surface area contributed by atoms with Gasteiger partial charge in [0.05, 0.1) is 11.8 Å². The van der Waals surface area contributed by atoms with Crippen molar-refractivity contribution in [2.45, 2.75) is 26.1 Å².